The maximum Gasteiger partial charge on any atom is 0.179 e. The van der Waals surface area contributed by atoms with Gasteiger partial charge in [0.2, 0.25) is 0 Å². The van der Waals surface area contributed by atoms with E-state index < -0.39 is 27.3 Å². The Bertz CT molecular complexity index is 616. The molecule has 110 valence electrons. The molecule has 0 unspecified atom stereocenters. The van der Waals surface area contributed by atoms with E-state index in [-0.39, 0.29) is 30.2 Å². The first kappa shape index (κ1) is 15.1. The van der Waals surface area contributed by atoms with E-state index in [1.165, 1.54) is 0 Å². The highest BCUT2D eigenvalue weighted by molar-refractivity contribution is 7.91. The van der Waals surface area contributed by atoms with Crippen molar-refractivity contribution in [2.45, 2.75) is 6.42 Å². The molecule has 1 aromatic rings. The average Bonchev–Trinajstić information content (AvgIpc) is 2.54. The molecule has 0 saturated carbocycles. The summed E-state index contributed by atoms with van der Waals surface area (Å²) in [5, 5.41) is 0. The molecular weight excluding hydrogens is 288 g/mol. The van der Waals surface area contributed by atoms with Gasteiger partial charge >= 0.3 is 0 Å². The Morgan fingerprint density at radius 3 is 2.70 bits per heavy atom. The Kier molecular flexibility index (Phi) is 4.49. The number of sulfone groups is 1. The van der Waals surface area contributed by atoms with Crippen molar-refractivity contribution in [2.24, 2.45) is 0 Å². The van der Waals surface area contributed by atoms with Crippen molar-refractivity contribution in [2.75, 3.05) is 31.1 Å². The van der Waals surface area contributed by atoms with Gasteiger partial charge in [0, 0.05) is 6.54 Å². The van der Waals surface area contributed by atoms with Crippen LogP contribution in [0, 0.1) is 11.6 Å². The minimum absolute atomic E-state index is 0.00802. The van der Waals surface area contributed by atoms with Gasteiger partial charge in [0.05, 0.1) is 23.6 Å². The molecule has 0 radical (unpaired) electrons. The van der Waals surface area contributed by atoms with Gasteiger partial charge in [0.25, 0.3) is 0 Å². The molecule has 0 aromatic heterocycles. The molecule has 0 atom stereocenters. The molecule has 4 nitrogen and oxygen atoms in total. The second-order valence-electron chi connectivity index (χ2n) is 4.83. The molecular formula is C13H15F2NO3S. The van der Waals surface area contributed by atoms with Crippen molar-refractivity contribution in [1.29, 1.82) is 0 Å². The largest absolute Gasteiger partial charge is 0.295 e. The Balaban J connectivity index is 2.06. The highest BCUT2D eigenvalue weighted by Gasteiger charge is 2.22. The molecule has 7 heteroatoms. The molecule has 1 aliphatic rings. The second kappa shape index (κ2) is 5.97. The van der Waals surface area contributed by atoms with Crippen LogP contribution in [0.1, 0.15) is 16.8 Å². The van der Waals surface area contributed by atoms with Crippen molar-refractivity contribution >= 4 is 15.6 Å². The lowest BCUT2D eigenvalue weighted by molar-refractivity contribution is 0.0931. The fraction of sp³-hybridized carbons (Fsp3) is 0.462. The predicted molar refractivity (Wildman–Crippen MR) is 70.4 cm³/mol. The molecule has 1 aliphatic heterocycles. The molecule has 0 amide bonds. The van der Waals surface area contributed by atoms with Gasteiger partial charge in [-0.15, -0.1) is 0 Å². The summed E-state index contributed by atoms with van der Waals surface area (Å²) in [6.07, 6.45) is 0.446. The van der Waals surface area contributed by atoms with Crippen LogP contribution in [0.3, 0.4) is 0 Å². The summed E-state index contributed by atoms with van der Waals surface area (Å²) >= 11 is 0. The summed E-state index contributed by atoms with van der Waals surface area (Å²) in [6, 6.07) is 2.73. The summed E-state index contributed by atoms with van der Waals surface area (Å²) in [7, 11) is -3.05. The van der Waals surface area contributed by atoms with Crippen molar-refractivity contribution in [3.8, 4) is 0 Å². The third-order valence-electron chi connectivity index (χ3n) is 3.24. The van der Waals surface area contributed by atoms with E-state index in [4.69, 9.17) is 0 Å². The van der Waals surface area contributed by atoms with Crippen LogP contribution in [0.4, 0.5) is 8.78 Å². The molecule has 0 spiro atoms. The smallest absolute Gasteiger partial charge is 0.179 e. The lowest BCUT2D eigenvalue weighted by Crippen LogP contribution is -2.32. The third-order valence-corrected chi connectivity index (χ3v) is 4.96. The van der Waals surface area contributed by atoms with Crippen molar-refractivity contribution < 1.29 is 22.0 Å². The zero-order chi connectivity index (χ0) is 14.8. The van der Waals surface area contributed by atoms with Crippen molar-refractivity contribution in [3.05, 3.63) is 35.4 Å². The molecule has 0 aliphatic carbocycles. The summed E-state index contributed by atoms with van der Waals surface area (Å²) in [6.45, 7) is 0.600. The number of carbonyl (C=O) groups excluding carboxylic acids is 1. The van der Waals surface area contributed by atoms with E-state index >= 15 is 0 Å². The van der Waals surface area contributed by atoms with Crippen LogP contribution in [0.25, 0.3) is 0 Å². The highest BCUT2D eigenvalue weighted by atomic mass is 32.2. The quantitative estimate of drug-likeness (QED) is 0.789. The highest BCUT2D eigenvalue weighted by Crippen LogP contribution is 2.12. The number of hydrogen-bond donors (Lipinski definition) is 0. The predicted octanol–water partition coefficient (Wildman–Crippen LogP) is 1.27. The Hall–Kier alpha value is -1.34. The molecule has 1 fully saturated rings. The maximum atomic E-state index is 13.5. The van der Waals surface area contributed by atoms with Gasteiger partial charge in [-0.25, -0.2) is 17.2 Å². The third kappa shape index (κ3) is 3.83. The van der Waals surface area contributed by atoms with Crippen LogP contribution in [0.2, 0.25) is 0 Å². The van der Waals surface area contributed by atoms with Gasteiger partial charge in [-0.3, -0.25) is 9.69 Å². The van der Waals surface area contributed by atoms with Crippen LogP contribution in [0.15, 0.2) is 18.2 Å². The van der Waals surface area contributed by atoms with Crippen molar-refractivity contribution in [1.82, 2.24) is 4.90 Å². The summed E-state index contributed by atoms with van der Waals surface area (Å²) in [5.41, 5.74) is -0.294. The topological polar surface area (TPSA) is 54.5 Å². The number of benzene rings is 1. The monoisotopic (exact) mass is 303 g/mol. The molecule has 20 heavy (non-hydrogen) atoms. The van der Waals surface area contributed by atoms with Gasteiger partial charge < -0.3 is 0 Å². The summed E-state index contributed by atoms with van der Waals surface area (Å²) in [4.78, 5) is 13.6. The van der Waals surface area contributed by atoms with Gasteiger partial charge in [0.1, 0.15) is 11.6 Å². The van der Waals surface area contributed by atoms with Crippen LogP contribution >= 0.6 is 0 Å². The first-order valence-corrected chi connectivity index (χ1v) is 8.10. The molecule has 0 bridgehead atoms. The number of nitrogens with zero attached hydrogens (tertiary/aromatic N) is 1. The minimum atomic E-state index is -3.05. The van der Waals surface area contributed by atoms with Gasteiger partial charge in [0.15, 0.2) is 15.6 Å². The average molecular weight is 303 g/mol. The van der Waals surface area contributed by atoms with Gasteiger partial charge in [-0.2, -0.15) is 0 Å². The lowest BCUT2D eigenvalue weighted by atomic mass is 10.1. The fourth-order valence-corrected chi connectivity index (χ4v) is 3.46. The second-order valence-corrected chi connectivity index (χ2v) is 7.13. The van der Waals surface area contributed by atoms with Crippen LogP contribution in [0.5, 0.6) is 0 Å². The minimum Gasteiger partial charge on any atom is -0.295 e. The molecule has 2 rings (SSSR count). The first-order chi connectivity index (χ1) is 9.37. The molecule has 1 aromatic carbocycles. The zero-order valence-corrected chi connectivity index (χ0v) is 11.6. The Labute approximate surface area is 116 Å². The van der Waals surface area contributed by atoms with Crippen LogP contribution < -0.4 is 0 Å². The number of Topliss-reactive ketones (excluding diaryl/α,β-unsaturated/α-hetero) is 1. The molecule has 0 N–H and O–H groups in total. The van der Waals surface area contributed by atoms with E-state index in [0.29, 0.717) is 13.0 Å². The van der Waals surface area contributed by atoms with Gasteiger partial charge in [-0.1, -0.05) is 0 Å². The fourth-order valence-electron chi connectivity index (χ4n) is 2.15. The Morgan fingerprint density at radius 2 is 1.95 bits per heavy atom. The standard InChI is InChI=1S/C13H15F2NO3S/c14-10-2-3-12(15)11(8-10)13(17)9-16-4-1-6-20(18,19)7-5-16/h2-3,8H,1,4-7,9H2. The maximum absolute atomic E-state index is 13.5. The lowest BCUT2D eigenvalue weighted by Gasteiger charge is -2.18. The van der Waals surface area contributed by atoms with E-state index in [1.54, 1.807) is 4.90 Å². The van der Waals surface area contributed by atoms with E-state index in [0.717, 1.165) is 18.2 Å². The number of halogens is 2. The van der Waals surface area contributed by atoms with Crippen molar-refractivity contribution in [3.63, 3.8) is 0 Å². The van der Waals surface area contributed by atoms with Crippen LogP contribution in [-0.2, 0) is 9.84 Å². The van der Waals surface area contributed by atoms with Gasteiger partial charge in [-0.05, 0) is 31.2 Å². The van der Waals surface area contributed by atoms with E-state index in [9.17, 15) is 22.0 Å². The van der Waals surface area contributed by atoms with E-state index in [2.05, 4.69) is 0 Å². The molecule has 1 saturated heterocycles. The first-order valence-electron chi connectivity index (χ1n) is 6.28. The molecule has 1 heterocycles. The normalized spacial score (nSPS) is 19.5. The number of carbonyl (C=O) groups is 1. The van der Waals surface area contributed by atoms with E-state index in [1.807, 2.05) is 0 Å². The number of rotatable bonds is 3. The Morgan fingerprint density at radius 1 is 1.20 bits per heavy atom. The summed E-state index contributed by atoms with van der Waals surface area (Å²) < 4.78 is 49.4. The number of hydrogen-bond acceptors (Lipinski definition) is 4. The summed E-state index contributed by atoms with van der Waals surface area (Å²) in [5.74, 6) is -1.88. The SMILES string of the molecule is O=C(CN1CCCS(=O)(=O)CC1)c1cc(F)ccc1F. The zero-order valence-electron chi connectivity index (χ0n) is 10.8. The number of ketones is 1. The van der Waals surface area contributed by atoms with Crippen LogP contribution in [-0.4, -0.2) is 50.2 Å².